The van der Waals surface area contributed by atoms with E-state index in [9.17, 15) is 0 Å². The van der Waals surface area contributed by atoms with E-state index in [-0.39, 0.29) is 0 Å². The van der Waals surface area contributed by atoms with Gasteiger partial charge in [-0.2, -0.15) is 0 Å². The van der Waals surface area contributed by atoms with Crippen LogP contribution in [0.4, 0.5) is 0 Å². The van der Waals surface area contributed by atoms with Crippen molar-refractivity contribution >= 4 is 0 Å². The summed E-state index contributed by atoms with van der Waals surface area (Å²) in [5, 5.41) is 0. The summed E-state index contributed by atoms with van der Waals surface area (Å²) >= 11 is 0. The Hall–Kier alpha value is -0.0800. The Morgan fingerprint density at radius 2 is 1.65 bits per heavy atom. The lowest BCUT2D eigenvalue weighted by molar-refractivity contribution is 0.00420. The van der Waals surface area contributed by atoms with E-state index < -0.39 is 0 Å². The molecule has 100 valence electrons. The van der Waals surface area contributed by atoms with Crippen LogP contribution in [0.3, 0.4) is 0 Å². The third-order valence-corrected chi connectivity index (χ3v) is 5.43. The van der Waals surface area contributed by atoms with Crippen molar-refractivity contribution in [2.24, 2.45) is 16.7 Å². The van der Waals surface area contributed by atoms with Gasteiger partial charge in [-0.15, -0.1) is 0 Å². The van der Waals surface area contributed by atoms with Crippen LogP contribution < -0.4 is 0 Å². The molecule has 2 heterocycles. The van der Waals surface area contributed by atoms with Crippen LogP contribution in [0.2, 0.25) is 0 Å². The molecule has 0 spiro atoms. The minimum absolute atomic E-state index is 0.454. The lowest BCUT2D eigenvalue weighted by Crippen LogP contribution is -2.52. The van der Waals surface area contributed by atoms with Gasteiger partial charge in [-0.25, -0.2) is 0 Å². The van der Waals surface area contributed by atoms with E-state index in [1.807, 2.05) is 0 Å². The van der Waals surface area contributed by atoms with Crippen LogP contribution in [0, 0.1) is 16.7 Å². The van der Waals surface area contributed by atoms with E-state index in [4.69, 9.17) is 0 Å². The minimum Gasteiger partial charge on any atom is -0.306 e. The van der Waals surface area contributed by atoms with Crippen LogP contribution in [0.1, 0.15) is 40.5 Å². The zero-order valence-electron chi connectivity index (χ0n) is 12.4. The van der Waals surface area contributed by atoms with E-state index in [1.54, 1.807) is 0 Å². The molecule has 0 aromatic heterocycles. The van der Waals surface area contributed by atoms with E-state index >= 15 is 0 Å². The van der Waals surface area contributed by atoms with E-state index in [1.165, 1.54) is 45.6 Å². The third kappa shape index (κ3) is 2.85. The maximum Gasteiger partial charge on any atom is 0.00342 e. The fraction of sp³-hybridized carbons (Fsp3) is 1.00. The second-order valence-corrected chi connectivity index (χ2v) is 7.70. The molecule has 0 aromatic carbocycles. The quantitative estimate of drug-likeness (QED) is 0.730. The first-order valence-corrected chi connectivity index (χ1v) is 7.21. The number of hydrogen-bond acceptors (Lipinski definition) is 2. The zero-order valence-corrected chi connectivity index (χ0v) is 12.4. The highest BCUT2D eigenvalue weighted by Crippen LogP contribution is 2.46. The summed E-state index contributed by atoms with van der Waals surface area (Å²) in [6, 6.07) is 0. The molecule has 2 heteroatoms. The summed E-state index contributed by atoms with van der Waals surface area (Å²) < 4.78 is 0. The molecule has 2 aliphatic rings. The Balaban J connectivity index is 1.78. The number of rotatable bonds is 2. The first-order chi connectivity index (χ1) is 7.80. The van der Waals surface area contributed by atoms with E-state index in [0.29, 0.717) is 10.8 Å². The molecule has 2 saturated heterocycles. The minimum atomic E-state index is 0.454. The average Bonchev–Trinajstić information content (AvgIpc) is 2.17. The summed E-state index contributed by atoms with van der Waals surface area (Å²) in [4.78, 5) is 5.12. The molecule has 0 aromatic rings. The molecule has 0 N–H and O–H groups in total. The molecule has 0 atom stereocenters. The van der Waals surface area contributed by atoms with Crippen LogP contribution in [0.15, 0.2) is 0 Å². The van der Waals surface area contributed by atoms with Gasteiger partial charge >= 0.3 is 0 Å². The molecule has 0 amide bonds. The number of nitrogens with zero attached hydrogens (tertiary/aromatic N) is 2. The molecule has 2 aliphatic heterocycles. The Bertz CT molecular complexity index is 253. The van der Waals surface area contributed by atoms with Gasteiger partial charge in [0.05, 0.1) is 0 Å². The van der Waals surface area contributed by atoms with Crippen molar-refractivity contribution in [3.8, 4) is 0 Å². The summed E-state index contributed by atoms with van der Waals surface area (Å²) in [5.74, 6) is 0.944. The molecule has 2 fully saturated rings. The zero-order chi connectivity index (χ0) is 12.7. The van der Waals surface area contributed by atoms with Gasteiger partial charge in [0.25, 0.3) is 0 Å². The van der Waals surface area contributed by atoms with Gasteiger partial charge in [0, 0.05) is 19.6 Å². The Kier molecular flexibility index (Phi) is 3.57. The lowest BCUT2D eigenvalue weighted by Gasteiger charge is -2.49. The maximum absolute atomic E-state index is 2.70. The van der Waals surface area contributed by atoms with Crippen molar-refractivity contribution in [2.45, 2.75) is 40.5 Å². The maximum atomic E-state index is 2.70. The Morgan fingerprint density at radius 3 is 2.06 bits per heavy atom. The van der Waals surface area contributed by atoms with Gasteiger partial charge in [0.15, 0.2) is 0 Å². The second kappa shape index (κ2) is 4.55. The van der Waals surface area contributed by atoms with Crippen LogP contribution in [-0.4, -0.2) is 49.6 Å². The van der Waals surface area contributed by atoms with Gasteiger partial charge in [0.2, 0.25) is 0 Å². The first-order valence-electron chi connectivity index (χ1n) is 7.21. The van der Waals surface area contributed by atoms with Crippen molar-refractivity contribution in [3.05, 3.63) is 0 Å². The van der Waals surface area contributed by atoms with E-state index in [0.717, 1.165) is 5.92 Å². The molecule has 0 saturated carbocycles. The standard InChI is InChI=1S/C15H30N2/c1-14(2,3)15(4)6-8-17(9-7-15)12-13-10-16(5)11-13/h13H,6-12H2,1-5H3. The SMILES string of the molecule is CN1CC(CN2CCC(C)(C(C)(C)C)CC2)C1. The van der Waals surface area contributed by atoms with Gasteiger partial charge in [-0.3, -0.25) is 0 Å². The topological polar surface area (TPSA) is 6.48 Å². The van der Waals surface area contributed by atoms with Crippen molar-refractivity contribution in [3.63, 3.8) is 0 Å². The van der Waals surface area contributed by atoms with Crippen LogP contribution in [0.25, 0.3) is 0 Å². The highest BCUT2D eigenvalue weighted by Gasteiger charge is 2.40. The summed E-state index contributed by atoms with van der Waals surface area (Å²) in [6.45, 7) is 16.3. The number of hydrogen-bond donors (Lipinski definition) is 0. The van der Waals surface area contributed by atoms with Crippen molar-refractivity contribution in [1.82, 2.24) is 9.80 Å². The summed E-state index contributed by atoms with van der Waals surface area (Å²) in [5.41, 5.74) is 0.996. The van der Waals surface area contributed by atoms with Gasteiger partial charge in [-0.1, -0.05) is 27.7 Å². The average molecular weight is 238 g/mol. The molecule has 0 unspecified atom stereocenters. The summed E-state index contributed by atoms with van der Waals surface area (Å²) in [6.07, 6.45) is 2.75. The normalized spacial score (nSPS) is 28.1. The molecule has 2 nitrogen and oxygen atoms in total. The highest BCUT2D eigenvalue weighted by atomic mass is 15.2. The Labute approximate surface area is 107 Å². The smallest absolute Gasteiger partial charge is 0.00342 e. The van der Waals surface area contributed by atoms with Crippen LogP contribution in [-0.2, 0) is 0 Å². The molecule has 0 bridgehead atoms. The van der Waals surface area contributed by atoms with E-state index in [2.05, 4.69) is 44.5 Å². The van der Waals surface area contributed by atoms with Crippen LogP contribution >= 0.6 is 0 Å². The fourth-order valence-electron chi connectivity index (χ4n) is 3.29. The Morgan fingerprint density at radius 1 is 1.12 bits per heavy atom. The predicted octanol–water partition coefficient (Wildman–Crippen LogP) is 2.70. The largest absolute Gasteiger partial charge is 0.306 e. The molecular weight excluding hydrogens is 208 g/mol. The first kappa shape index (κ1) is 13.4. The monoisotopic (exact) mass is 238 g/mol. The number of piperidine rings is 1. The lowest BCUT2D eigenvalue weighted by atomic mass is 9.63. The molecule has 2 rings (SSSR count). The molecule has 0 aliphatic carbocycles. The highest BCUT2D eigenvalue weighted by molar-refractivity contribution is 4.92. The summed E-state index contributed by atoms with van der Waals surface area (Å²) in [7, 11) is 2.23. The van der Waals surface area contributed by atoms with Gasteiger partial charge in [-0.05, 0) is 49.7 Å². The molecule has 0 radical (unpaired) electrons. The van der Waals surface area contributed by atoms with Crippen molar-refractivity contribution < 1.29 is 0 Å². The fourth-order valence-corrected chi connectivity index (χ4v) is 3.29. The third-order valence-electron chi connectivity index (χ3n) is 5.43. The van der Waals surface area contributed by atoms with Crippen LogP contribution in [0.5, 0.6) is 0 Å². The molecular formula is C15H30N2. The second-order valence-electron chi connectivity index (χ2n) is 7.70. The predicted molar refractivity (Wildman–Crippen MR) is 74.2 cm³/mol. The van der Waals surface area contributed by atoms with Gasteiger partial charge < -0.3 is 9.80 Å². The number of likely N-dealkylation sites (tertiary alicyclic amines) is 2. The van der Waals surface area contributed by atoms with Crippen molar-refractivity contribution in [1.29, 1.82) is 0 Å². The van der Waals surface area contributed by atoms with Crippen molar-refractivity contribution in [2.75, 3.05) is 39.8 Å². The van der Waals surface area contributed by atoms with Gasteiger partial charge in [0.1, 0.15) is 0 Å². The molecule has 17 heavy (non-hydrogen) atoms.